The SMILES string of the molecule is NC1CC(C2(c3ccc4oc(=O)[nH]c4c3)COC2)C1. The number of nitrogens with one attached hydrogen (secondary N) is 1. The van der Waals surface area contributed by atoms with E-state index < -0.39 is 5.76 Å². The molecule has 0 unspecified atom stereocenters. The maximum atomic E-state index is 11.2. The third kappa shape index (κ3) is 1.52. The van der Waals surface area contributed by atoms with Crippen LogP contribution in [-0.4, -0.2) is 24.2 Å². The highest BCUT2D eigenvalue weighted by Crippen LogP contribution is 2.48. The number of benzene rings is 1. The van der Waals surface area contributed by atoms with Crippen LogP contribution in [0.1, 0.15) is 18.4 Å². The van der Waals surface area contributed by atoms with Crippen molar-refractivity contribution in [3.8, 4) is 0 Å². The van der Waals surface area contributed by atoms with Crippen molar-refractivity contribution in [3.63, 3.8) is 0 Å². The number of nitrogens with two attached hydrogens (primary N) is 1. The van der Waals surface area contributed by atoms with E-state index in [1.807, 2.05) is 18.2 Å². The maximum Gasteiger partial charge on any atom is 0.417 e. The maximum absolute atomic E-state index is 11.2. The zero-order valence-electron chi connectivity index (χ0n) is 10.5. The molecule has 19 heavy (non-hydrogen) atoms. The summed E-state index contributed by atoms with van der Waals surface area (Å²) in [4.78, 5) is 13.9. The molecule has 1 aliphatic heterocycles. The minimum atomic E-state index is -0.406. The van der Waals surface area contributed by atoms with Crippen LogP contribution in [0.4, 0.5) is 0 Å². The first-order valence-corrected chi connectivity index (χ1v) is 6.64. The lowest BCUT2D eigenvalue weighted by molar-refractivity contribution is -0.111. The highest BCUT2D eigenvalue weighted by molar-refractivity contribution is 5.73. The van der Waals surface area contributed by atoms with E-state index in [-0.39, 0.29) is 5.41 Å². The van der Waals surface area contributed by atoms with Crippen molar-refractivity contribution in [2.45, 2.75) is 24.3 Å². The van der Waals surface area contributed by atoms with Crippen molar-refractivity contribution in [2.24, 2.45) is 11.7 Å². The van der Waals surface area contributed by atoms with Crippen LogP contribution in [0.5, 0.6) is 0 Å². The Kier molecular flexibility index (Phi) is 2.20. The second-order valence-electron chi connectivity index (χ2n) is 5.80. The van der Waals surface area contributed by atoms with E-state index in [0.717, 1.165) is 31.6 Å². The molecule has 5 nitrogen and oxygen atoms in total. The average molecular weight is 260 g/mol. The summed E-state index contributed by atoms with van der Waals surface area (Å²) in [5.41, 5.74) is 8.58. The predicted octanol–water partition coefficient (Wildman–Crippen LogP) is 1.13. The van der Waals surface area contributed by atoms with Gasteiger partial charge in [-0.1, -0.05) is 6.07 Å². The van der Waals surface area contributed by atoms with Crippen molar-refractivity contribution >= 4 is 11.1 Å². The smallest absolute Gasteiger partial charge is 0.408 e. The van der Waals surface area contributed by atoms with E-state index in [4.69, 9.17) is 14.9 Å². The van der Waals surface area contributed by atoms with Crippen LogP contribution in [0.15, 0.2) is 27.4 Å². The van der Waals surface area contributed by atoms with Gasteiger partial charge in [0, 0.05) is 11.5 Å². The average Bonchev–Trinajstić information content (AvgIpc) is 2.64. The van der Waals surface area contributed by atoms with Crippen molar-refractivity contribution < 1.29 is 9.15 Å². The van der Waals surface area contributed by atoms with Crippen molar-refractivity contribution in [3.05, 3.63) is 34.3 Å². The number of hydrogen-bond acceptors (Lipinski definition) is 4. The van der Waals surface area contributed by atoms with Gasteiger partial charge in [-0.15, -0.1) is 0 Å². The summed E-state index contributed by atoms with van der Waals surface area (Å²) in [6, 6.07) is 6.26. The standard InChI is InChI=1S/C14H16N2O3/c15-10-3-9(4-10)14(6-18-7-14)8-1-2-12-11(5-8)16-13(17)19-12/h1-2,5,9-10H,3-4,6-7,15H2,(H,16,17). The van der Waals surface area contributed by atoms with Crippen LogP contribution in [0, 0.1) is 5.92 Å². The minimum absolute atomic E-state index is 0.0816. The second kappa shape index (κ2) is 3.71. The van der Waals surface area contributed by atoms with Crippen LogP contribution in [0.2, 0.25) is 0 Å². The van der Waals surface area contributed by atoms with Gasteiger partial charge in [0.2, 0.25) is 0 Å². The molecule has 2 aromatic rings. The first kappa shape index (κ1) is 11.3. The molecular weight excluding hydrogens is 244 g/mol. The van der Waals surface area contributed by atoms with E-state index in [1.165, 1.54) is 5.56 Å². The van der Waals surface area contributed by atoms with Crippen LogP contribution >= 0.6 is 0 Å². The molecule has 3 N–H and O–H groups in total. The van der Waals surface area contributed by atoms with Crippen LogP contribution < -0.4 is 11.5 Å². The Morgan fingerprint density at radius 1 is 1.32 bits per heavy atom. The van der Waals surface area contributed by atoms with Crippen molar-refractivity contribution in [2.75, 3.05) is 13.2 Å². The zero-order chi connectivity index (χ0) is 13.0. The molecule has 0 radical (unpaired) electrons. The Bertz CT molecular complexity index is 677. The molecule has 2 heterocycles. The van der Waals surface area contributed by atoms with Crippen LogP contribution in [0.25, 0.3) is 11.1 Å². The van der Waals surface area contributed by atoms with Gasteiger partial charge in [0.1, 0.15) is 0 Å². The van der Waals surface area contributed by atoms with E-state index in [1.54, 1.807) is 0 Å². The number of ether oxygens (including phenoxy) is 1. The lowest BCUT2D eigenvalue weighted by atomic mass is 9.59. The highest BCUT2D eigenvalue weighted by Gasteiger charge is 2.51. The summed E-state index contributed by atoms with van der Waals surface area (Å²) >= 11 is 0. The minimum Gasteiger partial charge on any atom is -0.408 e. The molecule has 0 atom stereocenters. The third-order valence-electron chi connectivity index (χ3n) is 4.67. The predicted molar refractivity (Wildman–Crippen MR) is 70.0 cm³/mol. The molecule has 2 fully saturated rings. The molecule has 1 aliphatic carbocycles. The quantitative estimate of drug-likeness (QED) is 0.848. The number of aromatic nitrogens is 1. The number of rotatable bonds is 2. The number of fused-ring (bicyclic) bond motifs is 1. The summed E-state index contributed by atoms with van der Waals surface area (Å²) < 4.78 is 10.5. The molecule has 0 bridgehead atoms. The summed E-state index contributed by atoms with van der Waals surface area (Å²) in [7, 11) is 0. The number of hydrogen-bond donors (Lipinski definition) is 2. The number of aromatic amines is 1. The largest absolute Gasteiger partial charge is 0.417 e. The van der Waals surface area contributed by atoms with E-state index in [9.17, 15) is 4.79 Å². The summed E-state index contributed by atoms with van der Waals surface area (Å²) in [6.07, 6.45) is 2.12. The molecule has 1 saturated carbocycles. The molecule has 5 heteroatoms. The second-order valence-corrected chi connectivity index (χ2v) is 5.80. The lowest BCUT2D eigenvalue weighted by Crippen LogP contribution is -2.58. The molecule has 1 saturated heterocycles. The third-order valence-corrected chi connectivity index (χ3v) is 4.67. The Balaban J connectivity index is 1.77. The molecular formula is C14H16N2O3. The van der Waals surface area contributed by atoms with E-state index in [2.05, 4.69) is 4.98 Å². The molecule has 4 rings (SSSR count). The summed E-state index contributed by atoms with van der Waals surface area (Å²) in [5.74, 6) is 0.184. The monoisotopic (exact) mass is 260 g/mol. The van der Waals surface area contributed by atoms with Crippen molar-refractivity contribution in [1.82, 2.24) is 4.98 Å². The van der Waals surface area contributed by atoms with Crippen LogP contribution in [-0.2, 0) is 10.2 Å². The Morgan fingerprint density at radius 3 is 2.74 bits per heavy atom. The number of oxazole rings is 1. The van der Waals surface area contributed by atoms with E-state index in [0.29, 0.717) is 17.5 Å². The molecule has 0 spiro atoms. The summed E-state index contributed by atoms with van der Waals surface area (Å²) in [5, 5.41) is 0. The van der Waals surface area contributed by atoms with Gasteiger partial charge in [0.15, 0.2) is 5.58 Å². The van der Waals surface area contributed by atoms with Crippen LogP contribution in [0.3, 0.4) is 0 Å². The van der Waals surface area contributed by atoms with Gasteiger partial charge in [-0.05, 0) is 36.5 Å². The van der Waals surface area contributed by atoms with Gasteiger partial charge in [-0.3, -0.25) is 4.98 Å². The molecule has 1 aromatic carbocycles. The van der Waals surface area contributed by atoms with Gasteiger partial charge >= 0.3 is 5.76 Å². The molecule has 1 aromatic heterocycles. The molecule has 0 amide bonds. The van der Waals surface area contributed by atoms with E-state index >= 15 is 0 Å². The molecule has 100 valence electrons. The fraction of sp³-hybridized carbons (Fsp3) is 0.500. The Morgan fingerprint density at radius 2 is 2.11 bits per heavy atom. The summed E-state index contributed by atoms with van der Waals surface area (Å²) in [6.45, 7) is 1.50. The Hall–Kier alpha value is -1.59. The fourth-order valence-corrected chi connectivity index (χ4v) is 3.33. The van der Waals surface area contributed by atoms with Gasteiger partial charge in [0.25, 0.3) is 0 Å². The first-order chi connectivity index (χ1) is 9.17. The van der Waals surface area contributed by atoms with Gasteiger partial charge < -0.3 is 14.9 Å². The molecule has 2 aliphatic rings. The Labute approximate surface area is 109 Å². The number of H-pyrrole nitrogens is 1. The van der Waals surface area contributed by atoms with Gasteiger partial charge in [-0.2, -0.15) is 0 Å². The highest BCUT2D eigenvalue weighted by atomic mass is 16.5. The normalized spacial score (nSPS) is 28.9. The van der Waals surface area contributed by atoms with Crippen molar-refractivity contribution in [1.29, 1.82) is 0 Å². The van der Waals surface area contributed by atoms with Gasteiger partial charge in [-0.25, -0.2) is 4.79 Å². The lowest BCUT2D eigenvalue weighted by Gasteiger charge is -2.53. The first-order valence-electron chi connectivity index (χ1n) is 6.64. The van der Waals surface area contributed by atoms with Gasteiger partial charge in [0.05, 0.1) is 18.7 Å². The topological polar surface area (TPSA) is 81.2 Å². The zero-order valence-corrected chi connectivity index (χ0v) is 10.5. The fourth-order valence-electron chi connectivity index (χ4n) is 3.33.